The van der Waals surface area contributed by atoms with E-state index in [4.69, 9.17) is 5.73 Å². The summed E-state index contributed by atoms with van der Waals surface area (Å²) < 4.78 is 0. The van der Waals surface area contributed by atoms with Crippen LogP contribution in [0.3, 0.4) is 0 Å². The van der Waals surface area contributed by atoms with Crippen molar-refractivity contribution in [3.63, 3.8) is 0 Å². The SMILES string of the molecule is CN1CC2CCC(C1)C2NCCN. The molecule has 2 aliphatic rings. The van der Waals surface area contributed by atoms with Gasteiger partial charge in [0.2, 0.25) is 0 Å². The number of nitrogens with one attached hydrogen (secondary N) is 1. The van der Waals surface area contributed by atoms with Gasteiger partial charge in [0.25, 0.3) is 0 Å². The smallest absolute Gasteiger partial charge is 0.0148 e. The summed E-state index contributed by atoms with van der Waals surface area (Å²) >= 11 is 0. The molecule has 2 fully saturated rings. The third-order valence-corrected chi connectivity index (χ3v) is 3.54. The fourth-order valence-electron chi connectivity index (χ4n) is 3.04. The first kappa shape index (κ1) is 9.44. The second kappa shape index (κ2) is 3.95. The van der Waals surface area contributed by atoms with Gasteiger partial charge < -0.3 is 16.0 Å². The molecule has 76 valence electrons. The predicted molar refractivity (Wildman–Crippen MR) is 54.6 cm³/mol. The summed E-state index contributed by atoms with van der Waals surface area (Å²) in [6, 6.07) is 0.764. The molecule has 3 N–H and O–H groups in total. The lowest BCUT2D eigenvalue weighted by molar-refractivity contribution is 0.156. The van der Waals surface area contributed by atoms with Crippen LogP contribution in [0.25, 0.3) is 0 Å². The predicted octanol–water partition coefficient (Wildman–Crippen LogP) is -0.125. The van der Waals surface area contributed by atoms with Gasteiger partial charge in [-0.3, -0.25) is 0 Å². The van der Waals surface area contributed by atoms with Crippen molar-refractivity contribution in [2.75, 3.05) is 33.2 Å². The molecule has 0 amide bonds. The van der Waals surface area contributed by atoms with E-state index in [2.05, 4.69) is 17.3 Å². The van der Waals surface area contributed by atoms with Crippen molar-refractivity contribution in [2.24, 2.45) is 17.6 Å². The van der Waals surface area contributed by atoms with Gasteiger partial charge in [0.1, 0.15) is 0 Å². The summed E-state index contributed by atoms with van der Waals surface area (Å²) in [4.78, 5) is 2.48. The van der Waals surface area contributed by atoms with Crippen LogP contribution in [0.5, 0.6) is 0 Å². The second-order valence-electron chi connectivity index (χ2n) is 4.59. The highest BCUT2D eigenvalue weighted by Gasteiger charge is 2.40. The molecule has 1 heterocycles. The van der Waals surface area contributed by atoms with E-state index in [0.717, 1.165) is 31.0 Å². The van der Waals surface area contributed by atoms with Gasteiger partial charge in [0, 0.05) is 32.2 Å². The third-order valence-electron chi connectivity index (χ3n) is 3.54. The first-order chi connectivity index (χ1) is 6.31. The minimum absolute atomic E-state index is 0.764. The van der Waals surface area contributed by atoms with Crippen molar-refractivity contribution in [3.8, 4) is 0 Å². The average molecular weight is 183 g/mol. The molecule has 2 unspecified atom stereocenters. The molecule has 1 saturated heterocycles. The van der Waals surface area contributed by atoms with Crippen LogP contribution in [-0.4, -0.2) is 44.2 Å². The molecule has 0 spiro atoms. The molecule has 0 radical (unpaired) electrons. The Morgan fingerprint density at radius 1 is 1.31 bits per heavy atom. The summed E-state index contributed by atoms with van der Waals surface area (Å²) in [5, 5.41) is 3.60. The molecule has 0 aromatic rings. The normalized spacial score (nSPS) is 39.7. The Labute approximate surface area is 80.7 Å². The Morgan fingerprint density at radius 3 is 2.46 bits per heavy atom. The number of rotatable bonds is 3. The number of likely N-dealkylation sites (tertiary alicyclic amines) is 1. The van der Waals surface area contributed by atoms with Crippen LogP contribution in [0, 0.1) is 11.8 Å². The van der Waals surface area contributed by atoms with Gasteiger partial charge in [0.15, 0.2) is 0 Å². The maximum Gasteiger partial charge on any atom is 0.0148 e. The summed E-state index contributed by atoms with van der Waals surface area (Å²) in [7, 11) is 2.24. The van der Waals surface area contributed by atoms with E-state index in [0.29, 0.717) is 0 Å². The monoisotopic (exact) mass is 183 g/mol. The van der Waals surface area contributed by atoms with Crippen LogP contribution in [0.15, 0.2) is 0 Å². The van der Waals surface area contributed by atoms with Crippen molar-refractivity contribution < 1.29 is 0 Å². The zero-order valence-corrected chi connectivity index (χ0v) is 8.50. The maximum atomic E-state index is 5.51. The minimum atomic E-state index is 0.764. The van der Waals surface area contributed by atoms with Crippen molar-refractivity contribution in [2.45, 2.75) is 18.9 Å². The standard InChI is InChI=1S/C10H21N3/c1-13-6-8-2-3-9(7-13)10(8)12-5-4-11/h8-10,12H,2-7,11H2,1H3. The zero-order valence-electron chi connectivity index (χ0n) is 8.50. The summed E-state index contributed by atoms with van der Waals surface area (Å²) in [5.74, 6) is 1.77. The molecule has 2 atom stereocenters. The molecular weight excluding hydrogens is 162 g/mol. The lowest BCUT2D eigenvalue weighted by Crippen LogP contribution is -2.50. The van der Waals surface area contributed by atoms with Crippen LogP contribution in [0.4, 0.5) is 0 Å². The number of nitrogens with two attached hydrogens (primary N) is 1. The fraction of sp³-hybridized carbons (Fsp3) is 1.00. The second-order valence-corrected chi connectivity index (χ2v) is 4.59. The van der Waals surface area contributed by atoms with Gasteiger partial charge in [-0.1, -0.05) is 0 Å². The van der Waals surface area contributed by atoms with Crippen molar-refractivity contribution in [1.82, 2.24) is 10.2 Å². The molecule has 13 heavy (non-hydrogen) atoms. The highest BCUT2D eigenvalue weighted by atomic mass is 15.1. The molecule has 3 nitrogen and oxygen atoms in total. The van der Waals surface area contributed by atoms with E-state index in [1.807, 2.05) is 0 Å². The van der Waals surface area contributed by atoms with E-state index in [9.17, 15) is 0 Å². The van der Waals surface area contributed by atoms with Crippen LogP contribution >= 0.6 is 0 Å². The van der Waals surface area contributed by atoms with E-state index in [1.54, 1.807) is 0 Å². The topological polar surface area (TPSA) is 41.3 Å². The fourth-order valence-corrected chi connectivity index (χ4v) is 3.04. The molecule has 1 saturated carbocycles. The molecule has 1 aliphatic heterocycles. The molecule has 0 aromatic carbocycles. The zero-order chi connectivity index (χ0) is 9.26. The molecular formula is C10H21N3. The lowest BCUT2D eigenvalue weighted by Gasteiger charge is -2.36. The number of hydrogen-bond acceptors (Lipinski definition) is 3. The highest BCUT2D eigenvalue weighted by Crippen LogP contribution is 2.36. The number of piperidine rings is 1. The average Bonchev–Trinajstić information content (AvgIpc) is 2.33. The lowest BCUT2D eigenvalue weighted by atomic mass is 9.92. The van der Waals surface area contributed by atoms with E-state index >= 15 is 0 Å². The van der Waals surface area contributed by atoms with Crippen LogP contribution in [0.1, 0.15) is 12.8 Å². The number of nitrogens with zero attached hydrogens (tertiary/aromatic N) is 1. The van der Waals surface area contributed by atoms with E-state index in [1.165, 1.54) is 25.9 Å². The van der Waals surface area contributed by atoms with Crippen molar-refractivity contribution in [1.29, 1.82) is 0 Å². The van der Waals surface area contributed by atoms with Gasteiger partial charge in [-0.2, -0.15) is 0 Å². The van der Waals surface area contributed by atoms with Crippen LogP contribution in [-0.2, 0) is 0 Å². The van der Waals surface area contributed by atoms with E-state index in [-0.39, 0.29) is 0 Å². The summed E-state index contributed by atoms with van der Waals surface area (Å²) in [5.41, 5.74) is 5.51. The quantitative estimate of drug-likeness (QED) is 0.641. The van der Waals surface area contributed by atoms with Crippen LogP contribution in [0.2, 0.25) is 0 Å². The first-order valence-corrected chi connectivity index (χ1v) is 5.43. The Hall–Kier alpha value is -0.120. The van der Waals surface area contributed by atoms with Crippen molar-refractivity contribution >= 4 is 0 Å². The largest absolute Gasteiger partial charge is 0.329 e. The minimum Gasteiger partial charge on any atom is -0.329 e. The molecule has 1 aliphatic carbocycles. The van der Waals surface area contributed by atoms with Gasteiger partial charge >= 0.3 is 0 Å². The van der Waals surface area contributed by atoms with Gasteiger partial charge in [-0.05, 0) is 31.7 Å². The third kappa shape index (κ3) is 1.87. The number of fused-ring (bicyclic) bond motifs is 2. The molecule has 2 bridgehead atoms. The Morgan fingerprint density at radius 2 is 1.92 bits per heavy atom. The highest BCUT2D eigenvalue weighted by molar-refractivity contribution is 4.96. The first-order valence-electron chi connectivity index (χ1n) is 5.43. The summed E-state index contributed by atoms with van der Waals surface area (Å²) in [6.07, 6.45) is 2.83. The molecule has 0 aromatic heterocycles. The Balaban J connectivity index is 1.90. The van der Waals surface area contributed by atoms with Crippen molar-refractivity contribution in [3.05, 3.63) is 0 Å². The van der Waals surface area contributed by atoms with Gasteiger partial charge in [-0.15, -0.1) is 0 Å². The van der Waals surface area contributed by atoms with Gasteiger partial charge in [-0.25, -0.2) is 0 Å². The molecule has 2 rings (SSSR count). The maximum absolute atomic E-state index is 5.51. The number of hydrogen-bond donors (Lipinski definition) is 2. The van der Waals surface area contributed by atoms with Gasteiger partial charge in [0.05, 0.1) is 0 Å². The Bertz CT molecular complexity index is 158. The van der Waals surface area contributed by atoms with E-state index < -0.39 is 0 Å². The Kier molecular flexibility index (Phi) is 2.86. The summed E-state index contributed by atoms with van der Waals surface area (Å²) in [6.45, 7) is 4.31. The van der Waals surface area contributed by atoms with Crippen LogP contribution < -0.4 is 11.1 Å². The molecule has 3 heteroatoms.